The molecule has 2 amide bonds. The highest BCUT2D eigenvalue weighted by Gasteiger charge is 2.33. The maximum Gasteiger partial charge on any atom is 0.416 e. The summed E-state index contributed by atoms with van der Waals surface area (Å²) in [7, 11) is 1.62. The van der Waals surface area contributed by atoms with Crippen LogP contribution in [-0.4, -0.2) is 48.3 Å². The normalized spacial score (nSPS) is 14.5. The molecule has 3 heterocycles. The number of ether oxygens (including phenoxy) is 2. The van der Waals surface area contributed by atoms with Crippen LogP contribution >= 0.6 is 0 Å². The molecule has 44 heavy (non-hydrogen) atoms. The van der Waals surface area contributed by atoms with Gasteiger partial charge in [-0.3, -0.25) is 9.69 Å². The predicted molar refractivity (Wildman–Crippen MR) is 164 cm³/mol. The molecule has 10 heteroatoms. The molecule has 0 bridgehead atoms. The Hall–Kier alpha value is -5.69. The lowest BCUT2D eigenvalue weighted by Crippen LogP contribution is -2.34. The zero-order chi connectivity index (χ0) is 30.8. The SMILES string of the molecule is COc1ccccc1-c1ccc(N2C[C@H](CNC(=O)c3ccc(-c4nc5cc(C#N)cc(C(C)C)c5o4)cc3)OC2=O)nc1. The topological polar surface area (TPSA) is 131 Å². The quantitative estimate of drug-likeness (QED) is 0.223. The van der Waals surface area contributed by atoms with Gasteiger partial charge >= 0.3 is 6.09 Å². The minimum atomic E-state index is -0.533. The fourth-order valence-electron chi connectivity index (χ4n) is 5.15. The molecular weight excluding hydrogens is 558 g/mol. The van der Waals surface area contributed by atoms with E-state index in [1.54, 1.807) is 49.7 Å². The number of nitriles is 1. The molecule has 0 unspecified atom stereocenters. The van der Waals surface area contributed by atoms with Crippen LogP contribution in [0.25, 0.3) is 33.7 Å². The van der Waals surface area contributed by atoms with Crippen LogP contribution in [0.1, 0.15) is 41.3 Å². The summed E-state index contributed by atoms with van der Waals surface area (Å²) in [6.45, 7) is 4.47. The number of aromatic nitrogens is 2. The highest BCUT2D eigenvalue weighted by atomic mass is 16.6. The minimum absolute atomic E-state index is 0.145. The van der Waals surface area contributed by atoms with Crippen molar-refractivity contribution in [3.8, 4) is 34.4 Å². The molecule has 2 aromatic heterocycles. The van der Waals surface area contributed by atoms with Crippen LogP contribution in [0, 0.1) is 11.3 Å². The van der Waals surface area contributed by atoms with Crippen molar-refractivity contribution in [3.63, 3.8) is 0 Å². The van der Waals surface area contributed by atoms with Gasteiger partial charge in [0.05, 0.1) is 31.8 Å². The number of nitrogens with one attached hydrogen (secondary N) is 1. The Labute approximate surface area is 253 Å². The third-order valence-corrected chi connectivity index (χ3v) is 7.47. The van der Waals surface area contributed by atoms with Crippen LogP contribution in [-0.2, 0) is 4.74 Å². The number of pyridine rings is 1. The fourth-order valence-corrected chi connectivity index (χ4v) is 5.15. The van der Waals surface area contributed by atoms with Crippen molar-refractivity contribution >= 4 is 28.9 Å². The first-order valence-corrected chi connectivity index (χ1v) is 14.2. The summed E-state index contributed by atoms with van der Waals surface area (Å²) in [4.78, 5) is 36.0. The lowest BCUT2D eigenvalue weighted by molar-refractivity contribution is 0.0916. The number of benzene rings is 3. The molecule has 1 atom stereocenters. The summed E-state index contributed by atoms with van der Waals surface area (Å²) in [6, 6.07) is 23.9. The Bertz CT molecular complexity index is 1890. The number of carbonyl (C=O) groups is 2. The van der Waals surface area contributed by atoms with E-state index in [4.69, 9.17) is 13.9 Å². The van der Waals surface area contributed by atoms with Gasteiger partial charge in [-0.1, -0.05) is 32.0 Å². The highest BCUT2D eigenvalue weighted by molar-refractivity contribution is 5.95. The van der Waals surface area contributed by atoms with Crippen molar-refractivity contribution in [1.82, 2.24) is 15.3 Å². The summed E-state index contributed by atoms with van der Waals surface area (Å²) in [5.74, 6) is 1.45. The van der Waals surface area contributed by atoms with Gasteiger partial charge in [0, 0.05) is 34.0 Å². The molecule has 6 rings (SSSR count). The first-order valence-electron chi connectivity index (χ1n) is 14.2. The molecule has 0 spiro atoms. The lowest BCUT2D eigenvalue weighted by atomic mass is 10.00. The molecule has 10 nitrogen and oxygen atoms in total. The second-order valence-corrected chi connectivity index (χ2v) is 10.7. The van der Waals surface area contributed by atoms with Gasteiger partial charge in [0.25, 0.3) is 5.91 Å². The van der Waals surface area contributed by atoms with Crippen molar-refractivity contribution in [2.45, 2.75) is 25.9 Å². The molecular formula is C34H29N5O5. The number of cyclic esters (lactones) is 1. The standard InChI is InChI=1S/C34H29N5O5/c1-20(2)27-14-21(16-35)15-28-31(27)44-33(38-28)23-10-8-22(9-11-23)32(40)37-18-25-19-39(34(41)43-25)30-13-12-24(17-36-30)26-6-4-5-7-29(26)42-3/h4-15,17,20,25H,18-19H2,1-3H3,(H,37,40)/t25-/m0/s1. The molecule has 0 saturated carbocycles. The van der Waals surface area contributed by atoms with Crippen molar-refractivity contribution in [2.75, 3.05) is 25.1 Å². The van der Waals surface area contributed by atoms with Gasteiger partial charge in [0.1, 0.15) is 23.2 Å². The van der Waals surface area contributed by atoms with E-state index >= 15 is 0 Å². The number of rotatable bonds is 8. The number of hydrogen-bond acceptors (Lipinski definition) is 8. The zero-order valence-corrected chi connectivity index (χ0v) is 24.4. The smallest absolute Gasteiger partial charge is 0.416 e. The predicted octanol–water partition coefficient (Wildman–Crippen LogP) is 6.32. The molecule has 220 valence electrons. The van der Waals surface area contributed by atoms with Gasteiger partial charge in [-0.2, -0.15) is 5.26 Å². The molecule has 1 aliphatic heterocycles. The first-order chi connectivity index (χ1) is 21.3. The number of oxazole rings is 1. The number of para-hydroxylation sites is 1. The molecule has 3 aromatic carbocycles. The third-order valence-electron chi connectivity index (χ3n) is 7.47. The Morgan fingerprint density at radius 3 is 2.59 bits per heavy atom. The largest absolute Gasteiger partial charge is 0.496 e. The van der Waals surface area contributed by atoms with Gasteiger partial charge in [0.15, 0.2) is 5.58 Å². The van der Waals surface area contributed by atoms with Crippen molar-refractivity contribution in [3.05, 3.63) is 95.7 Å². The summed E-state index contributed by atoms with van der Waals surface area (Å²) < 4.78 is 17.0. The van der Waals surface area contributed by atoms with E-state index in [0.29, 0.717) is 39.5 Å². The van der Waals surface area contributed by atoms with Gasteiger partial charge in [-0.15, -0.1) is 0 Å². The molecule has 0 aliphatic carbocycles. The van der Waals surface area contributed by atoms with Crippen LogP contribution in [0.3, 0.4) is 0 Å². The van der Waals surface area contributed by atoms with E-state index in [1.807, 2.05) is 50.2 Å². The van der Waals surface area contributed by atoms with E-state index in [9.17, 15) is 14.9 Å². The van der Waals surface area contributed by atoms with E-state index in [0.717, 1.165) is 22.4 Å². The average Bonchev–Trinajstić information content (AvgIpc) is 3.66. The average molecular weight is 588 g/mol. The Kier molecular flexibility index (Phi) is 7.69. The van der Waals surface area contributed by atoms with Crippen molar-refractivity contribution in [1.29, 1.82) is 5.26 Å². The number of anilines is 1. The second kappa shape index (κ2) is 11.9. The number of fused-ring (bicyclic) bond motifs is 1. The molecule has 1 saturated heterocycles. The van der Waals surface area contributed by atoms with E-state index in [2.05, 4.69) is 21.4 Å². The molecule has 1 fully saturated rings. The molecule has 5 aromatic rings. The lowest BCUT2D eigenvalue weighted by Gasteiger charge is -2.13. The zero-order valence-electron chi connectivity index (χ0n) is 24.4. The van der Waals surface area contributed by atoms with Gasteiger partial charge in [-0.25, -0.2) is 14.8 Å². The first kappa shape index (κ1) is 28.4. The van der Waals surface area contributed by atoms with Crippen molar-refractivity contribution in [2.24, 2.45) is 0 Å². The Morgan fingerprint density at radius 2 is 1.89 bits per heavy atom. The number of methoxy groups -OCH3 is 1. The Balaban J connectivity index is 1.08. The number of hydrogen-bond donors (Lipinski definition) is 1. The van der Waals surface area contributed by atoms with Crippen LogP contribution in [0.2, 0.25) is 0 Å². The van der Waals surface area contributed by atoms with E-state index in [1.165, 1.54) is 4.90 Å². The summed E-state index contributed by atoms with van der Waals surface area (Å²) in [5.41, 5.74) is 5.62. The van der Waals surface area contributed by atoms with Crippen LogP contribution in [0.4, 0.5) is 10.6 Å². The van der Waals surface area contributed by atoms with Gasteiger partial charge in [-0.05, 0) is 60.5 Å². The van der Waals surface area contributed by atoms with Gasteiger partial charge < -0.3 is 19.2 Å². The monoisotopic (exact) mass is 587 g/mol. The molecule has 0 radical (unpaired) electrons. The van der Waals surface area contributed by atoms with Crippen molar-refractivity contribution < 1.29 is 23.5 Å². The second-order valence-electron chi connectivity index (χ2n) is 10.7. The third kappa shape index (κ3) is 5.55. The summed E-state index contributed by atoms with van der Waals surface area (Å²) in [5, 5.41) is 12.2. The molecule has 1 aliphatic rings. The summed E-state index contributed by atoms with van der Waals surface area (Å²) >= 11 is 0. The van der Waals surface area contributed by atoms with Crippen LogP contribution < -0.4 is 15.0 Å². The van der Waals surface area contributed by atoms with E-state index < -0.39 is 12.2 Å². The maximum absolute atomic E-state index is 12.9. The fraction of sp³-hybridized carbons (Fsp3) is 0.206. The van der Waals surface area contributed by atoms with Crippen LogP contribution in [0.5, 0.6) is 5.75 Å². The van der Waals surface area contributed by atoms with Gasteiger partial charge in [0.2, 0.25) is 5.89 Å². The molecule has 1 N–H and O–H groups in total. The van der Waals surface area contributed by atoms with Crippen LogP contribution in [0.15, 0.2) is 83.4 Å². The maximum atomic E-state index is 12.9. The van der Waals surface area contributed by atoms with E-state index in [-0.39, 0.29) is 24.9 Å². The number of amides is 2. The number of carbonyl (C=O) groups excluding carboxylic acids is 2. The number of nitrogens with zero attached hydrogens (tertiary/aromatic N) is 4. The Morgan fingerprint density at radius 1 is 1.11 bits per heavy atom. The highest BCUT2D eigenvalue weighted by Crippen LogP contribution is 2.32. The summed E-state index contributed by atoms with van der Waals surface area (Å²) in [6.07, 6.45) is 0.633. The minimum Gasteiger partial charge on any atom is -0.496 e.